The van der Waals surface area contributed by atoms with E-state index >= 15 is 0 Å². The van der Waals surface area contributed by atoms with Crippen molar-refractivity contribution in [2.24, 2.45) is 5.92 Å². The van der Waals surface area contributed by atoms with Crippen LogP contribution in [0, 0.1) is 11.7 Å². The van der Waals surface area contributed by atoms with Crippen LogP contribution in [0.4, 0.5) is 10.1 Å². The van der Waals surface area contributed by atoms with E-state index in [2.05, 4.69) is 5.32 Å². The normalized spacial score (nSPS) is 17.9. The Balaban J connectivity index is 1.39. The molecule has 0 radical (unpaired) electrons. The smallest absolute Gasteiger partial charge is 0.228 e. The van der Waals surface area contributed by atoms with Crippen molar-refractivity contribution < 1.29 is 24.2 Å². The molecule has 9 heteroatoms. The quantitative estimate of drug-likeness (QED) is 0.350. The minimum absolute atomic E-state index is 0.0290. The molecule has 0 spiro atoms. The summed E-state index contributed by atoms with van der Waals surface area (Å²) < 4.78 is 13.1. The summed E-state index contributed by atoms with van der Waals surface area (Å²) >= 11 is 12.2. The topological polar surface area (TPSA) is 89.9 Å². The average molecular weight is 559 g/mol. The van der Waals surface area contributed by atoms with Crippen molar-refractivity contribution in [3.8, 4) is 0 Å². The summed E-state index contributed by atoms with van der Waals surface area (Å²) in [6.07, 6.45) is -0.473. The number of aliphatic hydroxyl groups excluding tert-OH is 2. The van der Waals surface area contributed by atoms with Gasteiger partial charge in [0.25, 0.3) is 0 Å². The second-order valence-corrected chi connectivity index (χ2v) is 10.5. The molecule has 0 aliphatic carbocycles. The third-order valence-corrected chi connectivity index (χ3v) is 7.38. The van der Waals surface area contributed by atoms with E-state index in [1.807, 2.05) is 18.2 Å². The van der Waals surface area contributed by atoms with Crippen LogP contribution in [0.3, 0.4) is 0 Å². The maximum absolute atomic E-state index is 13.1. The largest absolute Gasteiger partial charge is 0.396 e. The van der Waals surface area contributed by atoms with Gasteiger partial charge in [-0.15, -0.1) is 0 Å². The van der Waals surface area contributed by atoms with Gasteiger partial charge in [-0.05, 0) is 59.5 Å². The van der Waals surface area contributed by atoms with E-state index in [4.69, 9.17) is 23.2 Å². The number of carbonyl (C=O) groups excluding carboxylic acids is 2. The number of nitrogens with one attached hydrogen (secondary N) is 1. The summed E-state index contributed by atoms with van der Waals surface area (Å²) in [6, 6.07) is 18.1. The summed E-state index contributed by atoms with van der Waals surface area (Å²) in [7, 11) is 0. The zero-order valence-electron chi connectivity index (χ0n) is 20.6. The Kier molecular flexibility index (Phi) is 9.39. The predicted octanol–water partition coefficient (Wildman–Crippen LogP) is 4.84. The first-order valence-corrected chi connectivity index (χ1v) is 13.1. The lowest BCUT2D eigenvalue weighted by atomic mass is 9.89. The van der Waals surface area contributed by atoms with Gasteiger partial charge in [0, 0.05) is 36.6 Å². The van der Waals surface area contributed by atoms with Gasteiger partial charge in [-0.25, -0.2) is 4.39 Å². The fourth-order valence-electron chi connectivity index (χ4n) is 4.78. The second-order valence-electron chi connectivity index (χ2n) is 9.63. The molecule has 38 heavy (non-hydrogen) atoms. The number of benzene rings is 3. The molecule has 0 unspecified atom stereocenters. The Morgan fingerprint density at radius 2 is 1.68 bits per heavy atom. The van der Waals surface area contributed by atoms with Crippen molar-refractivity contribution in [1.82, 2.24) is 4.90 Å². The van der Waals surface area contributed by atoms with E-state index in [9.17, 15) is 24.2 Å². The maximum atomic E-state index is 13.1. The molecule has 0 bridgehead atoms. The first kappa shape index (κ1) is 28.0. The number of likely N-dealkylation sites (tertiary alicyclic amines) is 1. The van der Waals surface area contributed by atoms with Crippen LogP contribution in [0.5, 0.6) is 0 Å². The van der Waals surface area contributed by atoms with Crippen molar-refractivity contribution in [3.63, 3.8) is 0 Å². The lowest BCUT2D eigenvalue weighted by Gasteiger charge is -2.19. The Labute approximate surface area is 231 Å². The fraction of sp³-hybridized carbons (Fsp3) is 0.310. The highest BCUT2D eigenvalue weighted by Gasteiger charge is 2.36. The van der Waals surface area contributed by atoms with Gasteiger partial charge < -0.3 is 20.4 Å². The maximum Gasteiger partial charge on any atom is 0.228 e. The molecule has 1 fully saturated rings. The van der Waals surface area contributed by atoms with Crippen LogP contribution in [-0.2, 0) is 22.4 Å². The molecular formula is C29H29Cl2FN2O4. The summed E-state index contributed by atoms with van der Waals surface area (Å²) in [5.41, 5.74) is 2.82. The zero-order valence-corrected chi connectivity index (χ0v) is 22.1. The third kappa shape index (κ3) is 7.32. The number of carbonyl (C=O) groups is 2. The molecule has 1 saturated heterocycles. The van der Waals surface area contributed by atoms with Crippen LogP contribution >= 0.6 is 23.2 Å². The number of hydrogen-bond donors (Lipinski definition) is 3. The molecule has 3 aromatic rings. The van der Waals surface area contributed by atoms with Crippen LogP contribution in [0.2, 0.25) is 10.0 Å². The summed E-state index contributed by atoms with van der Waals surface area (Å²) in [5.74, 6) is -1.22. The van der Waals surface area contributed by atoms with E-state index in [0.717, 1.165) is 11.1 Å². The molecule has 1 aliphatic heterocycles. The van der Waals surface area contributed by atoms with E-state index in [0.29, 0.717) is 40.8 Å². The van der Waals surface area contributed by atoms with Gasteiger partial charge in [-0.2, -0.15) is 0 Å². The molecule has 3 atom stereocenters. The molecule has 0 saturated carbocycles. The highest BCUT2D eigenvalue weighted by Crippen LogP contribution is 2.36. The first-order valence-electron chi connectivity index (χ1n) is 12.4. The van der Waals surface area contributed by atoms with Crippen LogP contribution in [0.25, 0.3) is 0 Å². The molecule has 1 heterocycles. The predicted molar refractivity (Wildman–Crippen MR) is 146 cm³/mol. The van der Waals surface area contributed by atoms with E-state index < -0.39 is 6.10 Å². The van der Waals surface area contributed by atoms with Crippen molar-refractivity contribution >= 4 is 40.7 Å². The minimum atomic E-state index is -0.839. The van der Waals surface area contributed by atoms with Crippen LogP contribution in [-0.4, -0.2) is 52.7 Å². The van der Waals surface area contributed by atoms with Gasteiger partial charge in [0.05, 0.1) is 29.7 Å². The molecule has 200 valence electrons. The molecule has 3 N–H and O–H groups in total. The van der Waals surface area contributed by atoms with Gasteiger partial charge >= 0.3 is 0 Å². The van der Waals surface area contributed by atoms with Gasteiger partial charge in [0.2, 0.25) is 11.8 Å². The highest BCUT2D eigenvalue weighted by molar-refractivity contribution is 6.33. The monoisotopic (exact) mass is 558 g/mol. The SMILES string of the molecule is O=C(Cc1ccc(F)cc1)Nc1cc([C@H]2CN(C(=O)C[C@H](O)Cc3ccc(Cl)cc3)C[C@@H]2CO)ccc1Cl. The number of halogens is 3. The summed E-state index contributed by atoms with van der Waals surface area (Å²) in [6.45, 7) is 0.627. The van der Waals surface area contributed by atoms with Crippen molar-refractivity contribution in [2.45, 2.75) is 31.3 Å². The molecular weight excluding hydrogens is 530 g/mol. The Bertz CT molecular complexity index is 1270. The zero-order chi connectivity index (χ0) is 27.2. The number of hydrogen-bond acceptors (Lipinski definition) is 4. The Morgan fingerprint density at radius 1 is 1.00 bits per heavy atom. The van der Waals surface area contributed by atoms with E-state index in [1.165, 1.54) is 12.1 Å². The lowest BCUT2D eigenvalue weighted by molar-refractivity contribution is -0.132. The average Bonchev–Trinajstić information content (AvgIpc) is 3.33. The first-order chi connectivity index (χ1) is 18.2. The molecule has 4 rings (SSSR count). The Hall–Kier alpha value is -2.97. The highest BCUT2D eigenvalue weighted by atomic mass is 35.5. The molecule has 2 amide bonds. The number of rotatable bonds is 9. The van der Waals surface area contributed by atoms with Gasteiger partial charge in [0.1, 0.15) is 5.82 Å². The molecule has 6 nitrogen and oxygen atoms in total. The van der Waals surface area contributed by atoms with Crippen LogP contribution in [0.1, 0.15) is 29.0 Å². The number of nitrogens with zero attached hydrogens (tertiary/aromatic N) is 1. The number of aliphatic hydroxyl groups is 2. The summed E-state index contributed by atoms with van der Waals surface area (Å²) in [4.78, 5) is 27.2. The lowest BCUT2D eigenvalue weighted by Crippen LogP contribution is -2.32. The molecule has 3 aromatic carbocycles. The van der Waals surface area contributed by atoms with Gasteiger partial charge in [0.15, 0.2) is 0 Å². The molecule has 1 aliphatic rings. The van der Waals surface area contributed by atoms with Gasteiger partial charge in [-0.1, -0.05) is 53.5 Å². The minimum Gasteiger partial charge on any atom is -0.396 e. The van der Waals surface area contributed by atoms with Crippen LogP contribution in [0.15, 0.2) is 66.7 Å². The van der Waals surface area contributed by atoms with E-state index in [-0.39, 0.29) is 48.9 Å². The molecule has 0 aromatic heterocycles. The number of anilines is 1. The van der Waals surface area contributed by atoms with Crippen molar-refractivity contribution in [2.75, 3.05) is 25.0 Å². The fourth-order valence-corrected chi connectivity index (χ4v) is 5.08. The van der Waals surface area contributed by atoms with Gasteiger partial charge in [-0.3, -0.25) is 9.59 Å². The standard InChI is InChI=1S/C29H29Cl2FN2O4/c30-22-6-1-18(2-7-22)11-24(36)14-29(38)34-15-21(17-35)25(16-34)20-5-10-26(31)27(13-20)33-28(37)12-19-3-8-23(32)9-4-19/h1-10,13,21,24-25,35-36H,11-12,14-17H2,(H,33,37)/t21-,24-,25-/m1/s1. The van der Waals surface area contributed by atoms with Crippen LogP contribution < -0.4 is 5.32 Å². The van der Waals surface area contributed by atoms with Crippen molar-refractivity contribution in [1.29, 1.82) is 0 Å². The number of amides is 2. The van der Waals surface area contributed by atoms with Crippen molar-refractivity contribution in [3.05, 3.63) is 99.3 Å². The van der Waals surface area contributed by atoms with E-state index in [1.54, 1.807) is 41.3 Å². The second kappa shape index (κ2) is 12.7. The summed E-state index contributed by atoms with van der Waals surface area (Å²) in [5, 5.41) is 24.3. The third-order valence-electron chi connectivity index (χ3n) is 6.79. The Morgan fingerprint density at radius 3 is 2.37 bits per heavy atom.